The average molecular weight is 300 g/mol. The standard InChI is InChI=1S/C17H17FN2O2/c1-20-17(21)9-7-12-6-8-16(15(19)10-12)22-11-13-4-2-3-5-14(13)18/h2-10H,11,19H2,1H3,(H,20,21)/b9-7-. The van der Waals surface area contributed by atoms with Gasteiger partial charge in [0.25, 0.3) is 0 Å². The maximum absolute atomic E-state index is 13.5. The van der Waals surface area contributed by atoms with Gasteiger partial charge in [-0.15, -0.1) is 0 Å². The summed E-state index contributed by atoms with van der Waals surface area (Å²) in [5.41, 5.74) is 7.58. The summed E-state index contributed by atoms with van der Waals surface area (Å²) >= 11 is 0. The lowest BCUT2D eigenvalue weighted by atomic mass is 10.1. The second-order valence-electron chi connectivity index (χ2n) is 4.62. The van der Waals surface area contributed by atoms with Crippen molar-refractivity contribution in [3.63, 3.8) is 0 Å². The van der Waals surface area contributed by atoms with E-state index in [2.05, 4.69) is 5.32 Å². The van der Waals surface area contributed by atoms with Crippen molar-refractivity contribution in [3.8, 4) is 5.75 Å². The number of rotatable bonds is 5. The molecule has 4 nitrogen and oxygen atoms in total. The van der Waals surface area contributed by atoms with Crippen molar-refractivity contribution in [2.75, 3.05) is 12.8 Å². The van der Waals surface area contributed by atoms with Crippen molar-refractivity contribution < 1.29 is 13.9 Å². The zero-order chi connectivity index (χ0) is 15.9. The molecule has 0 saturated heterocycles. The number of nitrogen functional groups attached to an aromatic ring is 1. The van der Waals surface area contributed by atoms with Gasteiger partial charge in [-0.3, -0.25) is 4.79 Å². The van der Waals surface area contributed by atoms with Crippen LogP contribution in [0.15, 0.2) is 48.5 Å². The van der Waals surface area contributed by atoms with Crippen LogP contribution in [0.2, 0.25) is 0 Å². The van der Waals surface area contributed by atoms with Gasteiger partial charge in [-0.2, -0.15) is 0 Å². The number of nitrogens with two attached hydrogens (primary N) is 1. The third kappa shape index (κ3) is 4.09. The Morgan fingerprint density at radius 3 is 2.77 bits per heavy atom. The predicted molar refractivity (Wildman–Crippen MR) is 84.7 cm³/mol. The van der Waals surface area contributed by atoms with E-state index in [0.29, 0.717) is 17.0 Å². The largest absolute Gasteiger partial charge is 0.487 e. The van der Waals surface area contributed by atoms with Crippen LogP contribution in [-0.2, 0) is 11.4 Å². The van der Waals surface area contributed by atoms with Crippen LogP contribution in [0.4, 0.5) is 10.1 Å². The van der Waals surface area contributed by atoms with E-state index in [1.165, 1.54) is 12.1 Å². The first kappa shape index (κ1) is 15.6. The van der Waals surface area contributed by atoms with Crippen LogP contribution >= 0.6 is 0 Å². The lowest BCUT2D eigenvalue weighted by molar-refractivity contribution is -0.115. The van der Waals surface area contributed by atoms with E-state index in [9.17, 15) is 9.18 Å². The number of carbonyl (C=O) groups excluding carboxylic acids is 1. The van der Waals surface area contributed by atoms with Crippen LogP contribution in [0.3, 0.4) is 0 Å². The van der Waals surface area contributed by atoms with Gasteiger partial charge in [0.15, 0.2) is 0 Å². The molecular formula is C17H17FN2O2. The van der Waals surface area contributed by atoms with E-state index >= 15 is 0 Å². The van der Waals surface area contributed by atoms with Crippen LogP contribution in [0, 0.1) is 5.82 Å². The number of hydrogen-bond acceptors (Lipinski definition) is 3. The van der Waals surface area contributed by atoms with Crippen molar-refractivity contribution in [1.82, 2.24) is 5.32 Å². The van der Waals surface area contributed by atoms with Crippen molar-refractivity contribution in [2.24, 2.45) is 0 Å². The Morgan fingerprint density at radius 2 is 2.09 bits per heavy atom. The fourth-order valence-electron chi connectivity index (χ4n) is 1.83. The molecule has 2 rings (SSSR count). The molecule has 22 heavy (non-hydrogen) atoms. The summed E-state index contributed by atoms with van der Waals surface area (Å²) in [5.74, 6) is -0.0370. The van der Waals surface area contributed by atoms with Gasteiger partial charge >= 0.3 is 0 Å². The van der Waals surface area contributed by atoms with Gasteiger partial charge in [0.2, 0.25) is 5.91 Å². The molecule has 2 aromatic carbocycles. The summed E-state index contributed by atoms with van der Waals surface area (Å²) in [6.45, 7) is 0.101. The minimum absolute atomic E-state index is 0.101. The summed E-state index contributed by atoms with van der Waals surface area (Å²) in [6.07, 6.45) is 3.06. The fraction of sp³-hybridized carbons (Fsp3) is 0.118. The molecule has 0 aromatic heterocycles. The number of nitrogens with one attached hydrogen (secondary N) is 1. The molecule has 0 fully saturated rings. The molecule has 2 aromatic rings. The highest BCUT2D eigenvalue weighted by Gasteiger charge is 2.05. The van der Waals surface area contributed by atoms with Crippen LogP contribution in [0.1, 0.15) is 11.1 Å². The minimum Gasteiger partial charge on any atom is -0.487 e. The molecule has 0 atom stereocenters. The van der Waals surface area contributed by atoms with E-state index in [0.717, 1.165) is 5.56 Å². The quantitative estimate of drug-likeness (QED) is 0.659. The van der Waals surface area contributed by atoms with Crippen LogP contribution in [-0.4, -0.2) is 13.0 Å². The van der Waals surface area contributed by atoms with Crippen LogP contribution < -0.4 is 15.8 Å². The van der Waals surface area contributed by atoms with Gasteiger partial charge in [0.05, 0.1) is 5.69 Å². The molecule has 0 radical (unpaired) electrons. The van der Waals surface area contributed by atoms with E-state index in [4.69, 9.17) is 10.5 Å². The Morgan fingerprint density at radius 1 is 1.32 bits per heavy atom. The molecule has 114 valence electrons. The van der Waals surface area contributed by atoms with Gasteiger partial charge < -0.3 is 15.8 Å². The van der Waals surface area contributed by atoms with Crippen molar-refractivity contribution in [2.45, 2.75) is 6.61 Å². The highest BCUT2D eigenvalue weighted by Crippen LogP contribution is 2.24. The lowest BCUT2D eigenvalue weighted by Gasteiger charge is -2.10. The molecule has 0 unspecified atom stereocenters. The molecule has 5 heteroatoms. The smallest absolute Gasteiger partial charge is 0.243 e. The Bertz CT molecular complexity index is 699. The number of likely N-dealkylation sites (N-methyl/N-ethyl adjacent to an activating group) is 1. The Kier molecular flexibility index (Phi) is 5.14. The van der Waals surface area contributed by atoms with Crippen molar-refractivity contribution in [3.05, 3.63) is 65.5 Å². The highest BCUT2D eigenvalue weighted by atomic mass is 19.1. The molecule has 0 heterocycles. The monoisotopic (exact) mass is 300 g/mol. The van der Waals surface area contributed by atoms with E-state index in [1.54, 1.807) is 49.5 Å². The van der Waals surface area contributed by atoms with Gasteiger partial charge in [0, 0.05) is 18.7 Å². The predicted octanol–water partition coefficient (Wildman–Crippen LogP) is 2.75. The third-order valence-corrected chi connectivity index (χ3v) is 3.05. The van der Waals surface area contributed by atoms with Crippen LogP contribution in [0.25, 0.3) is 6.08 Å². The number of ether oxygens (including phenoxy) is 1. The molecule has 0 saturated carbocycles. The zero-order valence-electron chi connectivity index (χ0n) is 12.2. The maximum atomic E-state index is 13.5. The first-order valence-corrected chi connectivity index (χ1v) is 6.75. The number of halogens is 1. The SMILES string of the molecule is CNC(=O)/C=C\c1ccc(OCc2ccccc2F)c(N)c1. The summed E-state index contributed by atoms with van der Waals surface area (Å²) in [7, 11) is 1.56. The number of anilines is 1. The lowest BCUT2D eigenvalue weighted by Crippen LogP contribution is -2.13. The maximum Gasteiger partial charge on any atom is 0.243 e. The fourth-order valence-corrected chi connectivity index (χ4v) is 1.83. The molecule has 3 N–H and O–H groups in total. The van der Waals surface area contributed by atoms with E-state index < -0.39 is 0 Å². The third-order valence-electron chi connectivity index (χ3n) is 3.05. The first-order valence-electron chi connectivity index (χ1n) is 6.75. The molecule has 0 aliphatic carbocycles. The topological polar surface area (TPSA) is 64.3 Å². The summed E-state index contributed by atoms with van der Waals surface area (Å²) in [6, 6.07) is 11.6. The second kappa shape index (κ2) is 7.26. The summed E-state index contributed by atoms with van der Waals surface area (Å²) in [5, 5.41) is 2.49. The molecule has 0 bridgehead atoms. The van der Waals surface area contributed by atoms with Gasteiger partial charge in [-0.05, 0) is 29.8 Å². The minimum atomic E-state index is -0.314. The van der Waals surface area contributed by atoms with Crippen molar-refractivity contribution in [1.29, 1.82) is 0 Å². The number of carbonyl (C=O) groups is 1. The number of benzene rings is 2. The Labute approximate surface area is 128 Å². The molecular weight excluding hydrogens is 283 g/mol. The van der Waals surface area contributed by atoms with Gasteiger partial charge in [-0.25, -0.2) is 4.39 Å². The van der Waals surface area contributed by atoms with Crippen LogP contribution in [0.5, 0.6) is 5.75 Å². The summed E-state index contributed by atoms with van der Waals surface area (Å²) in [4.78, 5) is 11.1. The van der Waals surface area contributed by atoms with Gasteiger partial charge in [0.1, 0.15) is 18.2 Å². The first-order chi connectivity index (χ1) is 10.6. The average Bonchev–Trinajstić information content (AvgIpc) is 2.53. The molecule has 0 spiro atoms. The Balaban J connectivity index is 2.05. The number of hydrogen-bond donors (Lipinski definition) is 2. The van der Waals surface area contributed by atoms with E-state index in [1.807, 2.05) is 0 Å². The van der Waals surface area contributed by atoms with E-state index in [-0.39, 0.29) is 18.3 Å². The molecule has 1 amide bonds. The second-order valence-corrected chi connectivity index (χ2v) is 4.62. The normalized spacial score (nSPS) is 10.6. The molecule has 0 aliphatic rings. The van der Waals surface area contributed by atoms with Gasteiger partial charge in [-0.1, -0.05) is 24.3 Å². The highest BCUT2D eigenvalue weighted by molar-refractivity contribution is 5.91. The Hall–Kier alpha value is -2.82. The zero-order valence-corrected chi connectivity index (χ0v) is 12.2. The summed E-state index contributed by atoms with van der Waals surface area (Å²) < 4.78 is 19.0. The number of amides is 1. The molecule has 0 aliphatic heterocycles. The van der Waals surface area contributed by atoms with Crippen molar-refractivity contribution >= 4 is 17.7 Å².